The van der Waals surface area contributed by atoms with Crippen molar-refractivity contribution in [3.63, 3.8) is 0 Å². The van der Waals surface area contributed by atoms with Gasteiger partial charge in [0.15, 0.2) is 0 Å². The highest BCUT2D eigenvalue weighted by Crippen LogP contribution is 2.25. The van der Waals surface area contributed by atoms with Gasteiger partial charge in [-0.15, -0.1) is 13.2 Å². The molecule has 0 heterocycles. The lowest BCUT2D eigenvalue weighted by Crippen LogP contribution is -2.17. The standard InChI is InChI=1S/C14H20F2.C13H20.C5H10/c1-5-7-13(10-11-15)9-8-12(3)14(4,16)6-2;1-5-7-13-11(4)10(3)8-9-12(13)6-2;1-4-5(2)3/h5,8-10H,1,3,6-7,11H2,2,4H3;8-9H,5-7H2,1-4H3;2,4H2,1,3H3/b9-8-,13-10-;;. The van der Waals surface area contributed by atoms with Crippen LogP contribution in [0.3, 0.4) is 0 Å². The summed E-state index contributed by atoms with van der Waals surface area (Å²) in [6.07, 6.45) is 12.1. The van der Waals surface area contributed by atoms with Crippen molar-refractivity contribution in [1.29, 1.82) is 0 Å². The molecule has 192 valence electrons. The summed E-state index contributed by atoms with van der Waals surface area (Å²) in [5.41, 5.74) is 7.10. The Morgan fingerprint density at radius 3 is 2.06 bits per heavy atom. The first-order valence-corrected chi connectivity index (χ1v) is 12.6. The highest BCUT2D eigenvalue weighted by atomic mass is 19.1. The van der Waals surface area contributed by atoms with Crippen molar-refractivity contribution >= 4 is 0 Å². The summed E-state index contributed by atoms with van der Waals surface area (Å²) in [5, 5.41) is 0. The summed E-state index contributed by atoms with van der Waals surface area (Å²) in [6.45, 7) is 26.7. The van der Waals surface area contributed by atoms with Crippen molar-refractivity contribution in [3.05, 3.63) is 95.1 Å². The monoisotopic (exact) mass is 472 g/mol. The molecule has 0 aromatic heterocycles. The molecule has 0 aliphatic heterocycles. The first kappa shape index (κ1) is 34.0. The minimum atomic E-state index is -1.40. The molecule has 0 saturated heterocycles. The smallest absolute Gasteiger partial charge is 0.132 e. The molecule has 0 nitrogen and oxygen atoms in total. The van der Waals surface area contributed by atoms with Crippen LogP contribution in [0.4, 0.5) is 8.78 Å². The number of alkyl halides is 2. The van der Waals surface area contributed by atoms with Gasteiger partial charge in [-0.05, 0) is 93.2 Å². The Morgan fingerprint density at radius 1 is 1.06 bits per heavy atom. The van der Waals surface area contributed by atoms with Crippen LogP contribution in [0.1, 0.15) is 89.5 Å². The summed E-state index contributed by atoms with van der Waals surface area (Å²) in [4.78, 5) is 0. The van der Waals surface area contributed by atoms with Gasteiger partial charge in [-0.1, -0.05) is 82.7 Å². The molecule has 1 rings (SSSR count). The third-order valence-electron chi connectivity index (χ3n) is 6.00. The maximum Gasteiger partial charge on any atom is 0.132 e. The molecule has 0 saturated carbocycles. The second-order valence-corrected chi connectivity index (χ2v) is 8.90. The number of rotatable bonds is 11. The largest absolute Gasteiger partial charge is 0.247 e. The van der Waals surface area contributed by atoms with E-state index in [2.05, 4.69) is 66.5 Å². The molecule has 0 aliphatic carbocycles. The third-order valence-corrected chi connectivity index (χ3v) is 6.00. The Kier molecular flexibility index (Phi) is 19.1. The van der Waals surface area contributed by atoms with E-state index in [0.717, 1.165) is 18.4 Å². The number of aryl methyl sites for hydroxylation is 2. The fourth-order valence-corrected chi connectivity index (χ4v) is 2.95. The van der Waals surface area contributed by atoms with E-state index in [0.29, 0.717) is 18.4 Å². The normalized spacial score (nSPS) is 12.7. The van der Waals surface area contributed by atoms with E-state index in [1.807, 2.05) is 6.92 Å². The van der Waals surface area contributed by atoms with Gasteiger partial charge in [0.1, 0.15) is 12.3 Å². The van der Waals surface area contributed by atoms with Gasteiger partial charge in [0, 0.05) is 0 Å². The van der Waals surface area contributed by atoms with Gasteiger partial charge >= 0.3 is 0 Å². The maximum absolute atomic E-state index is 13.8. The number of allylic oxidation sites excluding steroid dienone is 7. The minimum absolute atomic E-state index is 0.375. The van der Waals surface area contributed by atoms with E-state index in [1.54, 1.807) is 30.7 Å². The SMILES string of the molecule is C=C(C)CC.C=CCC(/C=C\C(=C)C(C)(F)CC)=C/CF.CCCc1c(CC)ccc(C)c1C. The van der Waals surface area contributed by atoms with E-state index in [1.165, 1.54) is 48.1 Å². The van der Waals surface area contributed by atoms with Crippen molar-refractivity contribution in [2.24, 2.45) is 0 Å². The number of hydrogen-bond acceptors (Lipinski definition) is 0. The van der Waals surface area contributed by atoms with Crippen LogP contribution in [-0.4, -0.2) is 12.3 Å². The van der Waals surface area contributed by atoms with Gasteiger partial charge in [-0.2, -0.15) is 0 Å². The lowest BCUT2D eigenvalue weighted by atomic mass is 9.93. The predicted octanol–water partition coefficient (Wildman–Crippen LogP) is 10.5. The predicted molar refractivity (Wildman–Crippen MR) is 151 cm³/mol. The van der Waals surface area contributed by atoms with Crippen molar-refractivity contribution in [1.82, 2.24) is 0 Å². The van der Waals surface area contributed by atoms with Crippen LogP contribution in [-0.2, 0) is 12.8 Å². The second-order valence-electron chi connectivity index (χ2n) is 8.90. The van der Waals surface area contributed by atoms with Gasteiger partial charge in [0.2, 0.25) is 0 Å². The van der Waals surface area contributed by atoms with Gasteiger partial charge in [-0.25, -0.2) is 8.78 Å². The molecule has 1 unspecified atom stereocenters. The molecular formula is C32H50F2. The summed E-state index contributed by atoms with van der Waals surface area (Å²) in [7, 11) is 0. The Bertz CT molecular complexity index is 807. The average molecular weight is 473 g/mol. The fraction of sp³-hybridized carbons (Fsp3) is 0.500. The molecule has 0 spiro atoms. The van der Waals surface area contributed by atoms with Crippen LogP contribution in [0, 0.1) is 13.8 Å². The quantitative estimate of drug-likeness (QED) is 0.222. The first-order chi connectivity index (χ1) is 15.9. The second kappa shape index (κ2) is 19.1. The van der Waals surface area contributed by atoms with Gasteiger partial charge < -0.3 is 0 Å². The molecule has 1 aromatic carbocycles. The molecule has 34 heavy (non-hydrogen) atoms. The number of hydrogen-bond donors (Lipinski definition) is 0. The zero-order chi connectivity index (χ0) is 26.7. The average Bonchev–Trinajstić information content (AvgIpc) is 2.81. The van der Waals surface area contributed by atoms with Crippen molar-refractivity contribution in [2.75, 3.05) is 6.67 Å². The molecule has 0 N–H and O–H groups in total. The zero-order valence-electron chi connectivity index (χ0n) is 23.3. The zero-order valence-corrected chi connectivity index (χ0v) is 23.3. The molecule has 2 heteroatoms. The van der Waals surface area contributed by atoms with E-state index in [-0.39, 0.29) is 0 Å². The third kappa shape index (κ3) is 14.1. The topological polar surface area (TPSA) is 0 Å². The molecule has 0 fully saturated rings. The molecule has 0 radical (unpaired) electrons. The Hall–Kier alpha value is -2.22. The molecular weight excluding hydrogens is 422 g/mol. The first-order valence-electron chi connectivity index (χ1n) is 12.6. The number of benzene rings is 1. The van der Waals surface area contributed by atoms with E-state index in [9.17, 15) is 8.78 Å². The van der Waals surface area contributed by atoms with Crippen LogP contribution in [0.5, 0.6) is 0 Å². The Morgan fingerprint density at radius 2 is 1.65 bits per heavy atom. The van der Waals surface area contributed by atoms with E-state index >= 15 is 0 Å². The summed E-state index contributed by atoms with van der Waals surface area (Å²) in [5.74, 6) is 0. The van der Waals surface area contributed by atoms with Crippen LogP contribution >= 0.6 is 0 Å². The molecule has 0 bridgehead atoms. The van der Waals surface area contributed by atoms with E-state index < -0.39 is 12.3 Å². The lowest BCUT2D eigenvalue weighted by Gasteiger charge is -2.18. The van der Waals surface area contributed by atoms with Crippen LogP contribution in [0.15, 0.2) is 72.9 Å². The minimum Gasteiger partial charge on any atom is -0.247 e. The highest BCUT2D eigenvalue weighted by Gasteiger charge is 2.22. The number of halogens is 2. The fourth-order valence-electron chi connectivity index (χ4n) is 2.95. The van der Waals surface area contributed by atoms with Crippen molar-refractivity contribution < 1.29 is 8.78 Å². The summed E-state index contributed by atoms with van der Waals surface area (Å²) < 4.78 is 25.9. The van der Waals surface area contributed by atoms with Gasteiger partial charge in [0.25, 0.3) is 0 Å². The lowest BCUT2D eigenvalue weighted by molar-refractivity contribution is 0.238. The van der Waals surface area contributed by atoms with Gasteiger partial charge in [-0.3, -0.25) is 0 Å². The molecule has 1 atom stereocenters. The summed E-state index contributed by atoms with van der Waals surface area (Å²) in [6, 6.07) is 4.53. The summed E-state index contributed by atoms with van der Waals surface area (Å²) >= 11 is 0. The van der Waals surface area contributed by atoms with Crippen LogP contribution in [0.25, 0.3) is 0 Å². The molecule has 0 amide bonds. The van der Waals surface area contributed by atoms with E-state index in [4.69, 9.17) is 0 Å². The maximum atomic E-state index is 13.8. The van der Waals surface area contributed by atoms with Crippen LogP contribution < -0.4 is 0 Å². The van der Waals surface area contributed by atoms with Crippen LogP contribution in [0.2, 0.25) is 0 Å². The molecule has 1 aromatic rings. The highest BCUT2D eigenvalue weighted by molar-refractivity contribution is 5.39. The Balaban J connectivity index is 0. The molecule has 0 aliphatic rings. The Labute approximate surface area is 210 Å². The van der Waals surface area contributed by atoms with Gasteiger partial charge in [0.05, 0.1) is 0 Å². The van der Waals surface area contributed by atoms with Crippen molar-refractivity contribution in [3.8, 4) is 0 Å². The van der Waals surface area contributed by atoms with Crippen molar-refractivity contribution in [2.45, 2.75) is 99.6 Å².